The Morgan fingerprint density at radius 1 is 1.31 bits per heavy atom. The Morgan fingerprint density at radius 3 is 2.62 bits per heavy atom. The van der Waals surface area contributed by atoms with Gasteiger partial charge in [0.1, 0.15) is 4.92 Å². The zero-order valence-electron chi connectivity index (χ0n) is 14.0. The number of halogens is 2. The number of furan rings is 1. The summed E-state index contributed by atoms with van der Waals surface area (Å²) in [5, 5.41) is 10.6. The Bertz CT molecular complexity index is 793. The molecular formula is C16H16F2N2O6. The van der Waals surface area contributed by atoms with Crippen LogP contribution in [0.1, 0.15) is 23.0 Å². The van der Waals surface area contributed by atoms with Gasteiger partial charge in [-0.05, 0) is 30.7 Å². The van der Waals surface area contributed by atoms with Gasteiger partial charge in [-0.15, -0.1) is 0 Å². The molecule has 0 fully saturated rings. The molecular weight excluding hydrogens is 354 g/mol. The fourth-order valence-electron chi connectivity index (χ4n) is 2.19. The number of carbonyl (C=O) groups excluding carboxylic acids is 1. The van der Waals surface area contributed by atoms with Gasteiger partial charge in [-0.2, -0.15) is 8.78 Å². The zero-order chi connectivity index (χ0) is 19.3. The number of nitrogens with zero attached hydrogens (tertiary/aromatic N) is 2. The number of alkyl halides is 2. The van der Waals surface area contributed by atoms with Crippen LogP contribution in [0.25, 0.3) is 0 Å². The van der Waals surface area contributed by atoms with Gasteiger partial charge in [0, 0.05) is 13.6 Å². The second-order valence-corrected chi connectivity index (χ2v) is 5.15. The number of ether oxygens (including phenoxy) is 2. The predicted octanol–water partition coefficient (Wildman–Crippen LogP) is 3.46. The highest BCUT2D eigenvalue weighted by atomic mass is 19.3. The summed E-state index contributed by atoms with van der Waals surface area (Å²) in [5.41, 5.74) is 0.590. The fourth-order valence-corrected chi connectivity index (χ4v) is 2.19. The molecule has 0 aliphatic carbocycles. The molecule has 0 spiro atoms. The van der Waals surface area contributed by atoms with Gasteiger partial charge in [0.2, 0.25) is 0 Å². The fraction of sp³-hybridized carbons (Fsp3) is 0.312. The van der Waals surface area contributed by atoms with Gasteiger partial charge >= 0.3 is 12.5 Å². The van der Waals surface area contributed by atoms with Crippen LogP contribution >= 0.6 is 0 Å². The summed E-state index contributed by atoms with van der Waals surface area (Å²) in [7, 11) is 1.47. The molecule has 26 heavy (non-hydrogen) atoms. The van der Waals surface area contributed by atoms with E-state index in [0.717, 1.165) is 6.07 Å². The largest absolute Gasteiger partial charge is 0.490 e. The van der Waals surface area contributed by atoms with Crippen LogP contribution in [0.3, 0.4) is 0 Å². The molecule has 1 aromatic heterocycles. The highest BCUT2D eigenvalue weighted by Crippen LogP contribution is 2.30. The van der Waals surface area contributed by atoms with Crippen molar-refractivity contribution in [1.29, 1.82) is 0 Å². The van der Waals surface area contributed by atoms with Gasteiger partial charge in [-0.25, -0.2) is 0 Å². The molecule has 8 nitrogen and oxygen atoms in total. The smallest absolute Gasteiger partial charge is 0.433 e. The Kier molecular flexibility index (Phi) is 6.10. The standard InChI is InChI=1S/C16H16F2N2O6/c1-3-24-13-8-10(4-5-11(13)26-16(17)18)9-19(2)15(21)12-6-7-14(25-12)20(22)23/h4-8,16H,3,9H2,1-2H3. The lowest BCUT2D eigenvalue weighted by atomic mass is 10.2. The van der Waals surface area contributed by atoms with Crippen molar-refractivity contribution in [1.82, 2.24) is 4.90 Å². The molecule has 0 bridgehead atoms. The first kappa shape index (κ1) is 19.2. The number of carbonyl (C=O) groups is 1. The van der Waals surface area contributed by atoms with Crippen LogP contribution in [-0.4, -0.2) is 36.0 Å². The minimum atomic E-state index is -2.99. The lowest BCUT2D eigenvalue weighted by Gasteiger charge is -2.17. The summed E-state index contributed by atoms with van der Waals surface area (Å²) < 4.78 is 39.4. The molecule has 0 N–H and O–H groups in total. The van der Waals surface area contributed by atoms with Gasteiger partial charge in [0.15, 0.2) is 17.3 Å². The van der Waals surface area contributed by atoms with E-state index in [1.165, 1.54) is 36.2 Å². The Morgan fingerprint density at radius 2 is 2.04 bits per heavy atom. The molecule has 0 atom stereocenters. The number of amides is 1. The van der Waals surface area contributed by atoms with Crippen molar-refractivity contribution in [3.05, 3.63) is 51.8 Å². The van der Waals surface area contributed by atoms with E-state index in [4.69, 9.17) is 9.15 Å². The second-order valence-electron chi connectivity index (χ2n) is 5.15. The first-order valence-electron chi connectivity index (χ1n) is 7.52. The molecule has 2 rings (SSSR count). The molecule has 0 saturated heterocycles. The number of hydrogen-bond donors (Lipinski definition) is 0. The van der Waals surface area contributed by atoms with Crippen LogP contribution in [0, 0.1) is 10.1 Å². The topological polar surface area (TPSA) is 95.0 Å². The third-order valence-corrected chi connectivity index (χ3v) is 3.27. The average molecular weight is 370 g/mol. The quantitative estimate of drug-likeness (QED) is 0.522. The van der Waals surface area contributed by atoms with Crippen LogP contribution in [0.2, 0.25) is 0 Å². The van der Waals surface area contributed by atoms with Crippen molar-refractivity contribution >= 4 is 11.8 Å². The van der Waals surface area contributed by atoms with Gasteiger partial charge in [-0.1, -0.05) is 6.07 Å². The summed E-state index contributed by atoms with van der Waals surface area (Å²) in [6, 6.07) is 6.61. The number of rotatable bonds is 8. The first-order valence-corrected chi connectivity index (χ1v) is 7.52. The molecule has 10 heteroatoms. The molecule has 0 aliphatic heterocycles. The molecule has 0 saturated carbocycles. The van der Waals surface area contributed by atoms with Crippen molar-refractivity contribution in [3.8, 4) is 11.5 Å². The highest BCUT2D eigenvalue weighted by Gasteiger charge is 2.21. The van der Waals surface area contributed by atoms with Crippen LogP contribution < -0.4 is 9.47 Å². The monoisotopic (exact) mass is 370 g/mol. The van der Waals surface area contributed by atoms with Crippen LogP contribution in [0.15, 0.2) is 34.7 Å². The number of nitro groups is 1. The predicted molar refractivity (Wildman–Crippen MR) is 85.4 cm³/mol. The molecule has 140 valence electrons. The van der Waals surface area contributed by atoms with E-state index in [0.29, 0.717) is 5.56 Å². The third kappa shape index (κ3) is 4.68. The van der Waals surface area contributed by atoms with E-state index < -0.39 is 23.3 Å². The molecule has 1 amide bonds. The molecule has 1 aromatic carbocycles. The van der Waals surface area contributed by atoms with E-state index in [2.05, 4.69) is 4.74 Å². The summed E-state index contributed by atoms with van der Waals surface area (Å²) in [6.45, 7) is -0.951. The summed E-state index contributed by atoms with van der Waals surface area (Å²) in [4.78, 5) is 23.4. The first-order chi connectivity index (χ1) is 12.3. The van der Waals surface area contributed by atoms with E-state index in [9.17, 15) is 23.7 Å². The van der Waals surface area contributed by atoms with Crippen molar-refractivity contribution in [2.75, 3.05) is 13.7 Å². The maximum absolute atomic E-state index is 12.4. The Hall–Kier alpha value is -3.17. The molecule has 1 heterocycles. The van der Waals surface area contributed by atoms with Crippen LogP contribution in [-0.2, 0) is 6.54 Å². The summed E-state index contributed by atoms with van der Waals surface area (Å²) in [5.74, 6) is -1.26. The van der Waals surface area contributed by atoms with Crippen molar-refractivity contribution in [3.63, 3.8) is 0 Å². The second kappa shape index (κ2) is 8.28. The molecule has 0 radical (unpaired) electrons. The molecule has 0 aliphatic rings. The molecule has 0 unspecified atom stereocenters. The van der Waals surface area contributed by atoms with E-state index in [1.54, 1.807) is 6.92 Å². The average Bonchev–Trinajstić information content (AvgIpc) is 3.06. The number of hydrogen-bond acceptors (Lipinski definition) is 6. The number of benzene rings is 1. The summed E-state index contributed by atoms with van der Waals surface area (Å²) in [6.07, 6.45) is 0. The van der Waals surface area contributed by atoms with Crippen molar-refractivity contribution in [2.45, 2.75) is 20.1 Å². The van der Waals surface area contributed by atoms with Gasteiger partial charge in [-0.3, -0.25) is 14.9 Å². The van der Waals surface area contributed by atoms with Crippen molar-refractivity contribution in [2.24, 2.45) is 0 Å². The van der Waals surface area contributed by atoms with Gasteiger partial charge in [0.25, 0.3) is 5.91 Å². The minimum absolute atomic E-state index is 0.0996. The summed E-state index contributed by atoms with van der Waals surface area (Å²) >= 11 is 0. The third-order valence-electron chi connectivity index (χ3n) is 3.27. The van der Waals surface area contributed by atoms with Gasteiger partial charge in [0.05, 0.1) is 12.7 Å². The minimum Gasteiger partial charge on any atom is -0.490 e. The van der Waals surface area contributed by atoms with E-state index in [1.807, 2.05) is 0 Å². The van der Waals surface area contributed by atoms with Crippen LogP contribution in [0.4, 0.5) is 14.7 Å². The maximum Gasteiger partial charge on any atom is 0.433 e. The van der Waals surface area contributed by atoms with Crippen LogP contribution in [0.5, 0.6) is 11.5 Å². The maximum atomic E-state index is 12.4. The SMILES string of the molecule is CCOc1cc(CN(C)C(=O)c2ccc([N+](=O)[O-])o2)ccc1OC(F)F. The van der Waals surface area contributed by atoms with Crippen molar-refractivity contribution < 1.29 is 32.4 Å². The zero-order valence-corrected chi connectivity index (χ0v) is 14.0. The van der Waals surface area contributed by atoms with Gasteiger partial charge < -0.3 is 18.8 Å². The van der Waals surface area contributed by atoms with E-state index in [-0.39, 0.29) is 30.4 Å². The Labute approximate surface area is 147 Å². The molecule has 2 aromatic rings. The lowest BCUT2D eigenvalue weighted by Crippen LogP contribution is -2.25. The van der Waals surface area contributed by atoms with E-state index >= 15 is 0 Å². The lowest BCUT2D eigenvalue weighted by molar-refractivity contribution is -0.402. The highest BCUT2D eigenvalue weighted by molar-refractivity contribution is 5.91. The normalized spacial score (nSPS) is 10.7. The Balaban J connectivity index is 2.14.